The minimum atomic E-state index is -0.620. The van der Waals surface area contributed by atoms with Crippen molar-refractivity contribution in [2.24, 2.45) is 7.05 Å². The molecule has 218 valence electrons. The first kappa shape index (κ1) is 29.0. The van der Waals surface area contributed by atoms with E-state index >= 15 is 0 Å². The summed E-state index contributed by atoms with van der Waals surface area (Å²) in [5.74, 6) is -0.725. The van der Waals surface area contributed by atoms with E-state index in [1.165, 1.54) is 5.56 Å². The quantitative estimate of drug-likeness (QED) is 0.252. The third kappa shape index (κ3) is 7.02. The Bertz CT molecular complexity index is 1560. The molecule has 2 aromatic carbocycles. The zero-order chi connectivity index (χ0) is 29.6. The molecule has 0 atom stereocenters. The number of pyridine rings is 1. The molecular weight excluding hydrogens is 533 g/mol. The lowest BCUT2D eigenvalue weighted by molar-refractivity contribution is 0.0887. The standard InChI is InChI=1S/C33H36FN5O3/c1-4-7-22-8-5-9-23(17-22)24-10-6-11-28(18-24)42-33-29(19-25(34)20-35-33)31(40)36-26-12-14-27(15-13-26)37-32(41)30-16-21(2)39(3)38-30/h5-6,8-11,16-20,26-27H,4,7,12-15H2,1-3H3,(H,36,40)(H,37,41). The summed E-state index contributed by atoms with van der Waals surface area (Å²) in [7, 11) is 1.80. The van der Waals surface area contributed by atoms with Gasteiger partial charge in [0.2, 0.25) is 5.88 Å². The molecule has 1 saturated carbocycles. The molecule has 8 nitrogen and oxygen atoms in total. The van der Waals surface area contributed by atoms with Crippen LogP contribution in [0.3, 0.4) is 0 Å². The highest BCUT2D eigenvalue weighted by molar-refractivity contribution is 5.96. The van der Waals surface area contributed by atoms with E-state index in [1.807, 2.05) is 37.3 Å². The van der Waals surface area contributed by atoms with Crippen LogP contribution in [0.2, 0.25) is 0 Å². The number of nitrogens with one attached hydrogen (secondary N) is 2. The molecule has 2 heterocycles. The molecule has 0 unspecified atom stereocenters. The van der Waals surface area contributed by atoms with Crippen LogP contribution in [0.15, 0.2) is 66.9 Å². The van der Waals surface area contributed by atoms with Crippen molar-refractivity contribution in [1.82, 2.24) is 25.4 Å². The molecule has 0 spiro atoms. The zero-order valence-electron chi connectivity index (χ0n) is 24.2. The molecule has 4 aromatic rings. The van der Waals surface area contributed by atoms with E-state index in [9.17, 15) is 14.0 Å². The Morgan fingerprint density at radius 2 is 1.62 bits per heavy atom. The Kier molecular flexibility index (Phi) is 8.95. The summed E-state index contributed by atoms with van der Waals surface area (Å²) >= 11 is 0. The lowest BCUT2D eigenvalue weighted by Crippen LogP contribution is -2.44. The van der Waals surface area contributed by atoms with Gasteiger partial charge in [-0.15, -0.1) is 0 Å². The molecule has 1 aliphatic carbocycles. The molecule has 2 amide bonds. The summed E-state index contributed by atoms with van der Waals surface area (Å²) in [6.07, 6.45) is 5.88. The average molecular weight is 570 g/mol. The fourth-order valence-electron chi connectivity index (χ4n) is 5.29. The van der Waals surface area contributed by atoms with Crippen LogP contribution in [0.5, 0.6) is 11.6 Å². The van der Waals surface area contributed by atoms with Crippen LogP contribution in [0, 0.1) is 12.7 Å². The predicted octanol–water partition coefficient (Wildman–Crippen LogP) is 6.15. The van der Waals surface area contributed by atoms with E-state index in [1.54, 1.807) is 23.9 Å². The fourth-order valence-corrected chi connectivity index (χ4v) is 5.29. The van der Waals surface area contributed by atoms with E-state index in [2.05, 4.69) is 39.8 Å². The molecular formula is C33H36FN5O3. The zero-order valence-corrected chi connectivity index (χ0v) is 24.2. The van der Waals surface area contributed by atoms with Crippen molar-refractivity contribution in [3.63, 3.8) is 0 Å². The van der Waals surface area contributed by atoms with Crippen LogP contribution in [-0.2, 0) is 13.5 Å². The Labute approximate surface area is 245 Å². The van der Waals surface area contributed by atoms with Gasteiger partial charge in [0, 0.05) is 24.8 Å². The van der Waals surface area contributed by atoms with Gasteiger partial charge in [0.1, 0.15) is 22.8 Å². The number of aryl methyl sites for hydroxylation is 3. The second-order valence-corrected chi connectivity index (χ2v) is 10.9. The van der Waals surface area contributed by atoms with Gasteiger partial charge in [-0.05, 0) is 80.0 Å². The van der Waals surface area contributed by atoms with Crippen molar-refractivity contribution in [2.75, 3.05) is 0 Å². The maximum atomic E-state index is 14.2. The van der Waals surface area contributed by atoms with Gasteiger partial charge >= 0.3 is 0 Å². The minimum Gasteiger partial charge on any atom is -0.438 e. The molecule has 1 fully saturated rings. The maximum absolute atomic E-state index is 14.2. The Morgan fingerprint density at radius 1 is 0.952 bits per heavy atom. The van der Waals surface area contributed by atoms with Gasteiger partial charge in [-0.1, -0.05) is 49.7 Å². The van der Waals surface area contributed by atoms with Crippen LogP contribution in [0.25, 0.3) is 11.1 Å². The number of hydrogen-bond donors (Lipinski definition) is 2. The number of nitrogens with zero attached hydrogens (tertiary/aromatic N) is 3. The smallest absolute Gasteiger partial charge is 0.272 e. The first-order valence-electron chi connectivity index (χ1n) is 14.4. The number of hydrogen-bond acceptors (Lipinski definition) is 5. The summed E-state index contributed by atoms with van der Waals surface area (Å²) in [5.41, 5.74) is 4.64. The van der Waals surface area contributed by atoms with E-state index in [0.29, 0.717) is 37.1 Å². The van der Waals surface area contributed by atoms with Crippen LogP contribution in [0.4, 0.5) is 4.39 Å². The van der Waals surface area contributed by atoms with Crippen molar-refractivity contribution in [3.05, 3.63) is 95.2 Å². The second-order valence-electron chi connectivity index (χ2n) is 10.9. The van der Waals surface area contributed by atoms with Gasteiger partial charge in [-0.2, -0.15) is 5.10 Å². The Balaban J connectivity index is 1.22. The van der Waals surface area contributed by atoms with Crippen molar-refractivity contribution in [2.45, 2.75) is 64.5 Å². The lowest BCUT2D eigenvalue weighted by Gasteiger charge is -2.29. The van der Waals surface area contributed by atoms with Crippen molar-refractivity contribution < 1.29 is 18.7 Å². The predicted molar refractivity (Wildman–Crippen MR) is 159 cm³/mol. The largest absolute Gasteiger partial charge is 0.438 e. The number of carbonyl (C=O) groups is 2. The minimum absolute atomic E-state index is 0.00219. The molecule has 1 aliphatic rings. The van der Waals surface area contributed by atoms with Gasteiger partial charge in [-0.3, -0.25) is 14.3 Å². The highest BCUT2D eigenvalue weighted by Gasteiger charge is 2.26. The molecule has 0 saturated heterocycles. The third-order valence-electron chi connectivity index (χ3n) is 7.65. The number of rotatable bonds is 9. The van der Waals surface area contributed by atoms with E-state index in [4.69, 9.17) is 4.74 Å². The highest BCUT2D eigenvalue weighted by Crippen LogP contribution is 2.29. The first-order chi connectivity index (χ1) is 20.3. The van der Waals surface area contributed by atoms with Crippen molar-refractivity contribution >= 4 is 11.8 Å². The normalized spacial score (nSPS) is 16.6. The fraction of sp³-hybridized carbons (Fsp3) is 0.333. The average Bonchev–Trinajstić information content (AvgIpc) is 3.33. The molecule has 0 aliphatic heterocycles. The molecule has 9 heteroatoms. The van der Waals surface area contributed by atoms with Crippen LogP contribution in [-0.4, -0.2) is 38.7 Å². The lowest BCUT2D eigenvalue weighted by atomic mass is 9.91. The third-order valence-corrected chi connectivity index (χ3v) is 7.65. The topological polar surface area (TPSA) is 98.1 Å². The van der Waals surface area contributed by atoms with Crippen LogP contribution < -0.4 is 15.4 Å². The van der Waals surface area contributed by atoms with Gasteiger partial charge in [0.15, 0.2) is 0 Å². The van der Waals surface area contributed by atoms with Crippen molar-refractivity contribution in [1.29, 1.82) is 0 Å². The number of halogens is 1. The molecule has 42 heavy (non-hydrogen) atoms. The Hall–Kier alpha value is -4.53. The van der Waals surface area contributed by atoms with E-state index < -0.39 is 11.7 Å². The second kappa shape index (κ2) is 13.0. The van der Waals surface area contributed by atoms with Gasteiger partial charge in [-0.25, -0.2) is 9.37 Å². The SMILES string of the molecule is CCCc1cccc(-c2cccc(Oc3ncc(F)cc3C(=O)NC3CCC(NC(=O)c4cc(C)n(C)n4)CC3)c2)c1. The van der Waals surface area contributed by atoms with Crippen LogP contribution in [0.1, 0.15) is 71.1 Å². The Morgan fingerprint density at radius 3 is 2.29 bits per heavy atom. The van der Waals surface area contributed by atoms with Crippen molar-refractivity contribution in [3.8, 4) is 22.8 Å². The molecule has 2 aromatic heterocycles. The van der Waals surface area contributed by atoms with E-state index in [-0.39, 0.29) is 29.4 Å². The molecule has 2 N–H and O–H groups in total. The highest BCUT2D eigenvalue weighted by atomic mass is 19.1. The summed E-state index contributed by atoms with van der Waals surface area (Å²) < 4.78 is 21.9. The first-order valence-corrected chi connectivity index (χ1v) is 14.4. The number of aromatic nitrogens is 3. The summed E-state index contributed by atoms with van der Waals surface area (Å²) in [5, 5.41) is 10.3. The molecule has 5 rings (SSSR count). The number of carbonyl (C=O) groups excluding carboxylic acids is 2. The summed E-state index contributed by atoms with van der Waals surface area (Å²) in [6.45, 7) is 4.05. The van der Waals surface area contributed by atoms with Gasteiger partial charge in [0.05, 0.1) is 6.20 Å². The number of ether oxygens (including phenoxy) is 1. The number of amides is 2. The van der Waals surface area contributed by atoms with Gasteiger partial charge in [0.25, 0.3) is 11.8 Å². The van der Waals surface area contributed by atoms with E-state index in [0.717, 1.165) is 41.9 Å². The monoisotopic (exact) mass is 569 g/mol. The molecule has 0 bridgehead atoms. The van der Waals surface area contributed by atoms with Gasteiger partial charge < -0.3 is 15.4 Å². The summed E-state index contributed by atoms with van der Waals surface area (Å²) in [6, 6.07) is 18.7. The number of benzene rings is 2. The van der Waals surface area contributed by atoms with Crippen LogP contribution >= 0.6 is 0 Å². The maximum Gasteiger partial charge on any atom is 0.272 e. The summed E-state index contributed by atoms with van der Waals surface area (Å²) in [4.78, 5) is 29.9. The molecule has 0 radical (unpaired) electrons.